The average Bonchev–Trinajstić information content (AvgIpc) is 2.18. The molecule has 0 bridgehead atoms. The van der Waals surface area contributed by atoms with E-state index in [9.17, 15) is 5.11 Å². The SMILES string of the molecule is Cc1cc(C(C)(C)C)cc2c1OCC[C@H]2O. The molecule has 2 rings (SSSR count). The Bertz CT molecular complexity index is 402. The number of hydrogen-bond donors (Lipinski definition) is 1. The van der Waals surface area contributed by atoms with Crippen LogP contribution < -0.4 is 4.74 Å². The smallest absolute Gasteiger partial charge is 0.128 e. The normalized spacial score (nSPS) is 20.2. The zero-order valence-electron chi connectivity index (χ0n) is 10.5. The number of aliphatic hydroxyl groups excluding tert-OH is 1. The van der Waals surface area contributed by atoms with Crippen LogP contribution in [0.15, 0.2) is 12.1 Å². The van der Waals surface area contributed by atoms with Gasteiger partial charge in [0.1, 0.15) is 5.75 Å². The van der Waals surface area contributed by atoms with Crippen LogP contribution in [0.2, 0.25) is 0 Å². The third kappa shape index (κ3) is 1.94. The van der Waals surface area contributed by atoms with Gasteiger partial charge in [-0.3, -0.25) is 0 Å². The first-order chi connectivity index (χ1) is 7.39. The van der Waals surface area contributed by atoms with Crippen LogP contribution >= 0.6 is 0 Å². The van der Waals surface area contributed by atoms with Gasteiger partial charge < -0.3 is 9.84 Å². The third-order valence-corrected chi connectivity index (χ3v) is 3.17. The minimum Gasteiger partial charge on any atom is -0.493 e. The van der Waals surface area contributed by atoms with Crippen LogP contribution in [0.25, 0.3) is 0 Å². The average molecular weight is 220 g/mol. The number of hydrogen-bond acceptors (Lipinski definition) is 2. The fourth-order valence-corrected chi connectivity index (χ4v) is 2.11. The molecule has 1 heterocycles. The van der Waals surface area contributed by atoms with Crippen molar-refractivity contribution in [2.45, 2.75) is 45.6 Å². The van der Waals surface area contributed by atoms with E-state index in [-0.39, 0.29) is 11.5 Å². The van der Waals surface area contributed by atoms with Crippen molar-refractivity contribution in [1.29, 1.82) is 0 Å². The number of aryl methyl sites for hydroxylation is 1. The molecule has 0 radical (unpaired) electrons. The molecule has 0 aromatic heterocycles. The lowest BCUT2D eigenvalue weighted by molar-refractivity contribution is 0.114. The summed E-state index contributed by atoms with van der Waals surface area (Å²) in [6, 6.07) is 4.25. The standard InChI is InChI=1S/C14H20O2/c1-9-7-10(14(2,3)4)8-11-12(15)5-6-16-13(9)11/h7-8,12,15H,5-6H2,1-4H3/t12-/m1/s1. The van der Waals surface area contributed by atoms with E-state index in [1.165, 1.54) is 5.56 Å². The molecular formula is C14H20O2. The van der Waals surface area contributed by atoms with E-state index in [1.54, 1.807) is 0 Å². The van der Waals surface area contributed by atoms with Gasteiger partial charge in [0, 0.05) is 12.0 Å². The van der Waals surface area contributed by atoms with E-state index in [0.717, 1.165) is 16.9 Å². The Balaban J connectivity index is 2.55. The predicted molar refractivity (Wildman–Crippen MR) is 65.0 cm³/mol. The maximum atomic E-state index is 10.00. The number of ether oxygens (including phenoxy) is 1. The van der Waals surface area contributed by atoms with Crippen molar-refractivity contribution in [1.82, 2.24) is 0 Å². The highest BCUT2D eigenvalue weighted by Gasteiger charge is 2.24. The summed E-state index contributed by atoms with van der Waals surface area (Å²) in [5.41, 5.74) is 3.45. The lowest BCUT2D eigenvalue weighted by Crippen LogP contribution is -2.18. The first kappa shape index (κ1) is 11.5. The molecular weight excluding hydrogens is 200 g/mol. The van der Waals surface area contributed by atoms with Crippen LogP contribution in [0.4, 0.5) is 0 Å². The number of fused-ring (bicyclic) bond motifs is 1. The summed E-state index contributed by atoms with van der Waals surface area (Å²) in [7, 11) is 0. The molecule has 0 spiro atoms. The molecule has 1 N–H and O–H groups in total. The predicted octanol–water partition coefficient (Wildman–Crippen LogP) is 3.11. The molecule has 1 aromatic rings. The second kappa shape index (κ2) is 3.77. The second-order valence-electron chi connectivity index (χ2n) is 5.61. The number of rotatable bonds is 0. The molecule has 88 valence electrons. The molecule has 1 aliphatic heterocycles. The summed E-state index contributed by atoms with van der Waals surface area (Å²) in [4.78, 5) is 0. The topological polar surface area (TPSA) is 29.5 Å². The fraction of sp³-hybridized carbons (Fsp3) is 0.571. The summed E-state index contributed by atoms with van der Waals surface area (Å²) in [5, 5.41) is 10.00. The van der Waals surface area contributed by atoms with Crippen LogP contribution in [0, 0.1) is 6.92 Å². The van der Waals surface area contributed by atoms with Gasteiger partial charge in [-0.1, -0.05) is 26.8 Å². The molecule has 2 heteroatoms. The van der Waals surface area contributed by atoms with Crippen molar-refractivity contribution in [2.75, 3.05) is 6.61 Å². The van der Waals surface area contributed by atoms with Crippen molar-refractivity contribution < 1.29 is 9.84 Å². The molecule has 2 nitrogen and oxygen atoms in total. The molecule has 1 atom stereocenters. The summed E-state index contributed by atoms with van der Waals surface area (Å²) >= 11 is 0. The van der Waals surface area contributed by atoms with Gasteiger partial charge in [0.2, 0.25) is 0 Å². The Labute approximate surface area is 97.3 Å². The fourth-order valence-electron chi connectivity index (χ4n) is 2.11. The molecule has 16 heavy (non-hydrogen) atoms. The Morgan fingerprint density at radius 1 is 1.31 bits per heavy atom. The zero-order valence-corrected chi connectivity index (χ0v) is 10.5. The highest BCUT2D eigenvalue weighted by atomic mass is 16.5. The van der Waals surface area contributed by atoms with Gasteiger partial charge in [0.15, 0.2) is 0 Å². The lowest BCUT2D eigenvalue weighted by Gasteiger charge is -2.28. The van der Waals surface area contributed by atoms with Crippen LogP contribution in [0.5, 0.6) is 5.75 Å². The van der Waals surface area contributed by atoms with E-state index in [0.29, 0.717) is 13.0 Å². The maximum absolute atomic E-state index is 10.00. The van der Waals surface area contributed by atoms with E-state index in [2.05, 4.69) is 32.9 Å². The van der Waals surface area contributed by atoms with Crippen LogP contribution in [-0.2, 0) is 5.41 Å². The van der Waals surface area contributed by atoms with Crippen molar-refractivity contribution in [3.63, 3.8) is 0 Å². The van der Waals surface area contributed by atoms with Crippen molar-refractivity contribution in [3.05, 3.63) is 28.8 Å². The number of benzene rings is 1. The first-order valence-electron chi connectivity index (χ1n) is 5.85. The van der Waals surface area contributed by atoms with Gasteiger partial charge in [0.25, 0.3) is 0 Å². The highest BCUT2D eigenvalue weighted by molar-refractivity contribution is 5.47. The van der Waals surface area contributed by atoms with Gasteiger partial charge in [-0.2, -0.15) is 0 Å². The van der Waals surface area contributed by atoms with Crippen LogP contribution in [-0.4, -0.2) is 11.7 Å². The highest BCUT2D eigenvalue weighted by Crippen LogP contribution is 2.38. The van der Waals surface area contributed by atoms with Crippen LogP contribution in [0.3, 0.4) is 0 Å². The monoisotopic (exact) mass is 220 g/mol. The summed E-state index contributed by atoms with van der Waals surface area (Å²) in [6.07, 6.45) is 0.324. The number of aliphatic hydroxyl groups is 1. The molecule has 0 unspecified atom stereocenters. The van der Waals surface area contributed by atoms with Crippen molar-refractivity contribution >= 4 is 0 Å². The molecule has 0 aliphatic carbocycles. The summed E-state index contributed by atoms with van der Waals surface area (Å²) in [6.45, 7) is 9.22. The summed E-state index contributed by atoms with van der Waals surface area (Å²) < 4.78 is 5.63. The van der Waals surface area contributed by atoms with E-state index < -0.39 is 0 Å². The maximum Gasteiger partial charge on any atom is 0.128 e. The Kier molecular flexibility index (Phi) is 2.70. The second-order valence-corrected chi connectivity index (χ2v) is 5.61. The summed E-state index contributed by atoms with van der Waals surface area (Å²) in [5.74, 6) is 0.881. The van der Waals surface area contributed by atoms with E-state index in [1.807, 2.05) is 6.92 Å². The van der Waals surface area contributed by atoms with Crippen molar-refractivity contribution in [3.8, 4) is 5.75 Å². The zero-order chi connectivity index (χ0) is 11.9. The van der Waals surface area contributed by atoms with Gasteiger partial charge >= 0.3 is 0 Å². The Morgan fingerprint density at radius 3 is 2.62 bits per heavy atom. The molecule has 0 amide bonds. The van der Waals surface area contributed by atoms with E-state index >= 15 is 0 Å². The van der Waals surface area contributed by atoms with Crippen LogP contribution in [0.1, 0.15) is 50.0 Å². The van der Waals surface area contributed by atoms with Gasteiger partial charge in [-0.25, -0.2) is 0 Å². The van der Waals surface area contributed by atoms with Gasteiger partial charge in [-0.15, -0.1) is 0 Å². The lowest BCUT2D eigenvalue weighted by atomic mass is 9.83. The van der Waals surface area contributed by atoms with E-state index in [4.69, 9.17) is 4.74 Å². The Hall–Kier alpha value is -1.02. The quantitative estimate of drug-likeness (QED) is 0.728. The molecule has 0 fully saturated rings. The minimum atomic E-state index is -0.371. The minimum absolute atomic E-state index is 0.108. The molecule has 1 aliphatic rings. The van der Waals surface area contributed by atoms with Gasteiger partial charge in [-0.05, 0) is 29.5 Å². The Morgan fingerprint density at radius 2 is 2.00 bits per heavy atom. The first-order valence-corrected chi connectivity index (χ1v) is 5.85. The van der Waals surface area contributed by atoms with Gasteiger partial charge in [0.05, 0.1) is 12.7 Å². The molecule has 1 aromatic carbocycles. The largest absolute Gasteiger partial charge is 0.493 e. The van der Waals surface area contributed by atoms with Crippen molar-refractivity contribution in [2.24, 2.45) is 0 Å². The third-order valence-electron chi connectivity index (χ3n) is 3.17. The molecule has 0 saturated heterocycles. The molecule has 0 saturated carbocycles.